The molecule has 0 fully saturated rings. The Kier molecular flexibility index (Phi) is 4.70. The van der Waals surface area contributed by atoms with Crippen LogP contribution in [0.4, 0.5) is 0 Å². The van der Waals surface area contributed by atoms with Crippen LogP contribution in [0.3, 0.4) is 0 Å². The maximum Gasteiger partial charge on any atom is 0.229 e. The summed E-state index contributed by atoms with van der Waals surface area (Å²) in [4.78, 5) is 16.6. The van der Waals surface area contributed by atoms with Crippen molar-refractivity contribution in [1.29, 1.82) is 0 Å². The van der Waals surface area contributed by atoms with E-state index in [1.54, 1.807) is 48.8 Å². The normalized spacial score (nSPS) is 11.9. The van der Waals surface area contributed by atoms with Crippen molar-refractivity contribution in [3.8, 4) is 34.1 Å². The SMILES string of the molecule is NC(=O)C(c1cccnc1)c1c(-c2ccc(O)cc2)noc1-c1ccc(O)cc1. The zero-order valence-corrected chi connectivity index (χ0v) is 15.2. The van der Waals surface area contributed by atoms with Crippen LogP contribution in [0, 0.1) is 0 Å². The number of aromatic hydroxyl groups is 2. The molecule has 0 spiro atoms. The highest BCUT2D eigenvalue weighted by atomic mass is 16.5. The van der Waals surface area contributed by atoms with Crippen LogP contribution in [-0.4, -0.2) is 26.3 Å². The average Bonchev–Trinajstić information content (AvgIpc) is 3.14. The molecule has 1 atom stereocenters. The number of nitrogens with zero attached hydrogens (tertiary/aromatic N) is 2. The van der Waals surface area contributed by atoms with E-state index >= 15 is 0 Å². The number of phenols is 2. The fourth-order valence-electron chi connectivity index (χ4n) is 3.23. The lowest BCUT2D eigenvalue weighted by molar-refractivity contribution is -0.118. The predicted molar refractivity (Wildman–Crippen MR) is 106 cm³/mol. The minimum Gasteiger partial charge on any atom is -0.508 e. The second-order valence-corrected chi connectivity index (χ2v) is 6.49. The molecule has 0 aliphatic heterocycles. The van der Waals surface area contributed by atoms with Gasteiger partial charge in [-0.25, -0.2) is 0 Å². The number of nitrogens with two attached hydrogens (primary N) is 1. The highest BCUT2D eigenvalue weighted by Gasteiger charge is 2.31. The Morgan fingerprint density at radius 2 is 1.55 bits per heavy atom. The third-order valence-corrected chi connectivity index (χ3v) is 4.59. The molecule has 0 aliphatic carbocycles. The van der Waals surface area contributed by atoms with Crippen LogP contribution in [0.1, 0.15) is 17.0 Å². The number of pyridine rings is 1. The highest BCUT2D eigenvalue weighted by Crippen LogP contribution is 2.40. The minimum absolute atomic E-state index is 0.104. The second-order valence-electron chi connectivity index (χ2n) is 6.49. The molecule has 2 aromatic carbocycles. The molecular formula is C22H17N3O4. The summed E-state index contributed by atoms with van der Waals surface area (Å²) < 4.78 is 5.64. The Morgan fingerprint density at radius 3 is 2.10 bits per heavy atom. The number of hydrogen-bond acceptors (Lipinski definition) is 6. The van der Waals surface area contributed by atoms with Crippen molar-refractivity contribution in [2.24, 2.45) is 5.73 Å². The second kappa shape index (κ2) is 7.47. The van der Waals surface area contributed by atoms with Crippen molar-refractivity contribution in [3.63, 3.8) is 0 Å². The fourth-order valence-corrected chi connectivity index (χ4v) is 3.23. The molecule has 2 heterocycles. The lowest BCUT2D eigenvalue weighted by atomic mass is 9.87. The first-order chi connectivity index (χ1) is 14.0. The smallest absolute Gasteiger partial charge is 0.229 e. The van der Waals surface area contributed by atoms with Gasteiger partial charge < -0.3 is 20.5 Å². The van der Waals surface area contributed by atoms with Crippen LogP contribution < -0.4 is 5.73 Å². The summed E-state index contributed by atoms with van der Waals surface area (Å²) in [5, 5.41) is 23.4. The van der Waals surface area contributed by atoms with Crippen molar-refractivity contribution in [3.05, 3.63) is 84.2 Å². The van der Waals surface area contributed by atoms with Crippen LogP contribution in [0.25, 0.3) is 22.6 Å². The van der Waals surface area contributed by atoms with E-state index in [2.05, 4.69) is 10.1 Å². The minimum atomic E-state index is -0.859. The highest BCUT2D eigenvalue weighted by molar-refractivity contribution is 5.91. The molecule has 4 N–H and O–H groups in total. The van der Waals surface area contributed by atoms with Gasteiger partial charge in [-0.3, -0.25) is 9.78 Å². The van der Waals surface area contributed by atoms with E-state index in [-0.39, 0.29) is 11.5 Å². The van der Waals surface area contributed by atoms with Crippen molar-refractivity contribution in [2.45, 2.75) is 5.92 Å². The van der Waals surface area contributed by atoms with E-state index in [0.29, 0.717) is 33.7 Å². The molecular weight excluding hydrogens is 370 g/mol. The maximum atomic E-state index is 12.5. The number of aromatic nitrogens is 2. The van der Waals surface area contributed by atoms with Gasteiger partial charge in [0.1, 0.15) is 17.2 Å². The molecule has 0 saturated carbocycles. The molecule has 1 unspecified atom stereocenters. The van der Waals surface area contributed by atoms with Crippen molar-refractivity contribution in [2.75, 3.05) is 0 Å². The van der Waals surface area contributed by atoms with Gasteiger partial charge >= 0.3 is 0 Å². The molecule has 144 valence electrons. The number of primary amides is 1. The first-order valence-corrected chi connectivity index (χ1v) is 8.82. The zero-order valence-electron chi connectivity index (χ0n) is 15.2. The zero-order chi connectivity index (χ0) is 20.4. The summed E-state index contributed by atoms with van der Waals surface area (Å²) in [7, 11) is 0. The van der Waals surface area contributed by atoms with Gasteiger partial charge in [0, 0.05) is 29.1 Å². The largest absolute Gasteiger partial charge is 0.508 e. The predicted octanol–water partition coefficient (Wildman–Crippen LogP) is 3.43. The molecule has 29 heavy (non-hydrogen) atoms. The molecule has 0 radical (unpaired) electrons. The summed E-state index contributed by atoms with van der Waals surface area (Å²) in [6.07, 6.45) is 3.18. The average molecular weight is 387 g/mol. The molecule has 4 aromatic rings. The number of phenolic OH excluding ortho intramolecular Hbond substituents is 2. The Morgan fingerprint density at radius 1 is 0.931 bits per heavy atom. The first kappa shape index (κ1) is 18.2. The lowest BCUT2D eigenvalue weighted by Crippen LogP contribution is -2.23. The first-order valence-electron chi connectivity index (χ1n) is 8.82. The monoisotopic (exact) mass is 387 g/mol. The number of rotatable bonds is 5. The van der Waals surface area contributed by atoms with Crippen molar-refractivity contribution >= 4 is 5.91 Å². The number of carbonyl (C=O) groups is 1. The molecule has 2 aromatic heterocycles. The van der Waals surface area contributed by atoms with Crippen LogP contribution in [0.5, 0.6) is 11.5 Å². The van der Waals surface area contributed by atoms with Gasteiger partial charge in [0.05, 0.1) is 5.92 Å². The summed E-state index contributed by atoms with van der Waals surface area (Å²) in [6.45, 7) is 0. The van der Waals surface area contributed by atoms with Crippen molar-refractivity contribution < 1.29 is 19.5 Å². The summed E-state index contributed by atoms with van der Waals surface area (Å²) in [5.74, 6) is -0.868. The summed E-state index contributed by atoms with van der Waals surface area (Å²) in [6, 6.07) is 16.3. The molecule has 7 nitrogen and oxygen atoms in total. The lowest BCUT2D eigenvalue weighted by Gasteiger charge is -2.15. The molecule has 0 bridgehead atoms. The molecule has 0 saturated heterocycles. The Hall–Kier alpha value is -4.13. The molecule has 1 amide bonds. The molecule has 0 aliphatic rings. The Bertz CT molecular complexity index is 1070. The van der Waals surface area contributed by atoms with E-state index < -0.39 is 11.8 Å². The van der Waals surface area contributed by atoms with Crippen molar-refractivity contribution in [1.82, 2.24) is 10.1 Å². The number of benzene rings is 2. The molecule has 4 rings (SSSR count). The van der Waals surface area contributed by atoms with Gasteiger partial charge in [-0.1, -0.05) is 11.2 Å². The number of hydrogen-bond donors (Lipinski definition) is 3. The van der Waals surface area contributed by atoms with Gasteiger partial charge in [0.15, 0.2) is 5.76 Å². The van der Waals surface area contributed by atoms with E-state index in [1.165, 1.54) is 24.3 Å². The van der Waals surface area contributed by atoms with E-state index in [4.69, 9.17) is 10.3 Å². The quantitative estimate of drug-likeness (QED) is 0.482. The number of carbonyl (C=O) groups excluding carboxylic acids is 1. The van der Waals surface area contributed by atoms with Crippen LogP contribution in [0.15, 0.2) is 77.6 Å². The summed E-state index contributed by atoms with van der Waals surface area (Å²) in [5.41, 5.74) is 8.59. The van der Waals surface area contributed by atoms with E-state index in [0.717, 1.165) is 0 Å². The van der Waals surface area contributed by atoms with E-state index in [9.17, 15) is 15.0 Å². The standard InChI is InChI=1S/C22H17N3O4/c23-22(28)18(15-2-1-11-24-12-15)19-20(13-3-7-16(26)8-4-13)25-29-21(19)14-5-9-17(27)10-6-14/h1-12,18,26-27H,(H2,23,28). The fraction of sp³-hybridized carbons (Fsp3) is 0.0455. The van der Waals surface area contributed by atoms with Gasteiger partial charge in [0.2, 0.25) is 5.91 Å². The Labute approximate surface area is 166 Å². The maximum absolute atomic E-state index is 12.5. The van der Waals surface area contributed by atoms with Crippen LogP contribution in [-0.2, 0) is 4.79 Å². The Balaban J connectivity index is 1.97. The van der Waals surface area contributed by atoms with Gasteiger partial charge in [-0.05, 0) is 60.2 Å². The third-order valence-electron chi connectivity index (χ3n) is 4.59. The number of amides is 1. The topological polar surface area (TPSA) is 122 Å². The van der Waals surface area contributed by atoms with Crippen LogP contribution in [0.2, 0.25) is 0 Å². The van der Waals surface area contributed by atoms with E-state index in [1.807, 2.05) is 0 Å². The molecule has 7 heteroatoms. The van der Waals surface area contributed by atoms with Gasteiger partial charge in [-0.2, -0.15) is 0 Å². The van der Waals surface area contributed by atoms with Gasteiger partial charge in [0.25, 0.3) is 0 Å². The third kappa shape index (κ3) is 3.53. The summed E-state index contributed by atoms with van der Waals surface area (Å²) >= 11 is 0. The van der Waals surface area contributed by atoms with Gasteiger partial charge in [-0.15, -0.1) is 0 Å². The van der Waals surface area contributed by atoms with Crippen LogP contribution >= 0.6 is 0 Å².